The van der Waals surface area contributed by atoms with Crippen molar-refractivity contribution in [3.8, 4) is 5.75 Å². The van der Waals surface area contributed by atoms with Crippen LogP contribution in [0, 0.1) is 11.7 Å². The van der Waals surface area contributed by atoms with Crippen LogP contribution in [0.2, 0.25) is 10.0 Å². The van der Waals surface area contributed by atoms with Gasteiger partial charge in [-0.25, -0.2) is 4.39 Å². The lowest BCUT2D eigenvalue weighted by atomic mass is 9.92. The molecule has 2 fully saturated rings. The normalized spacial score (nSPS) is 17.3. The van der Waals surface area contributed by atoms with Gasteiger partial charge in [0, 0.05) is 16.0 Å². The summed E-state index contributed by atoms with van der Waals surface area (Å²) < 4.78 is 20.6. The highest BCUT2D eigenvalue weighted by molar-refractivity contribution is 6.34. The summed E-state index contributed by atoms with van der Waals surface area (Å²) in [6.07, 6.45) is 6.00. The number of carbonyl (C=O) groups excluding carboxylic acids is 1. The van der Waals surface area contributed by atoms with E-state index in [1.165, 1.54) is 6.07 Å². The number of carbonyl (C=O) groups is 1. The first kappa shape index (κ1) is 18.8. The Kier molecular flexibility index (Phi) is 5.43. The molecule has 0 N–H and O–H groups in total. The summed E-state index contributed by atoms with van der Waals surface area (Å²) in [7, 11) is 0. The fourth-order valence-corrected chi connectivity index (χ4v) is 4.41. The van der Waals surface area contributed by atoms with Crippen LogP contribution >= 0.6 is 23.2 Å². The van der Waals surface area contributed by atoms with E-state index in [2.05, 4.69) is 0 Å². The summed E-state index contributed by atoms with van der Waals surface area (Å²) >= 11 is 12.0. The largest absolute Gasteiger partial charge is 0.489 e. The van der Waals surface area contributed by atoms with E-state index in [0.717, 1.165) is 49.7 Å². The molecule has 2 saturated carbocycles. The smallest absolute Gasteiger partial charge is 0.168 e. The molecule has 0 bridgehead atoms. The zero-order valence-electron chi connectivity index (χ0n) is 14.9. The molecular formula is C22H21Cl2FO2. The Morgan fingerprint density at radius 1 is 1.00 bits per heavy atom. The van der Waals surface area contributed by atoms with Gasteiger partial charge >= 0.3 is 0 Å². The Bertz CT molecular complexity index is 851. The summed E-state index contributed by atoms with van der Waals surface area (Å²) in [4.78, 5) is 12.7. The fourth-order valence-electron chi connectivity index (χ4n) is 3.90. The maximum Gasteiger partial charge on any atom is 0.168 e. The van der Waals surface area contributed by atoms with E-state index in [1.807, 2.05) is 0 Å². The molecule has 2 aromatic rings. The van der Waals surface area contributed by atoms with Gasteiger partial charge in [0.25, 0.3) is 0 Å². The SMILES string of the molecule is O=C(c1cc(C2CC2)c(COc2cc(Cl)cc(Cl)c2)cc1F)C1CCCC1. The van der Waals surface area contributed by atoms with Crippen LogP contribution in [-0.4, -0.2) is 5.78 Å². The molecule has 0 saturated heterocycles. The fraction of sp³-hybridized carbons (Fsp3) is 0.409. The van der Waals surface area contributed by atoms with E-state index in [9.17, 15) is 9.18 Å². The molecule has 0 amide bonds. The Balaban J connectivity index is 1.58. The summed E-state index contributed by atoms with van der Waals surface area (Å²) in [6, 6.07) is 8.24. The highest BCUT2D eigenvalue weighted by atomic mass is 35.5. The first-order valence-electron chi connectivity index (χ1n) is 9.46. The van der Waals surface area contributed by atoms with Crippen molar-refractivity contribution in [1.29, 1.82) is 0 Å². The van der Waals surface area contributed by atoms with Crippen molar-refractivity contribution in [3.05, 3.63) is 62.9 Å². The molecule has 2 aliphatic carbocycles. The first-order chi connectivity index (χ1) is 13.0. The summed E-state index contributed by atoms with van der Waals surface area (Å²) in [6.45, 7) is 0.220. The number of benzene rings is 2. The molecule has 0 heterocycles. The van der Waals surface area contributed by atoms with Crippen LogP contribution < -0.4 is 4.74 Å². The molecule has 0 spiro atoms. The molecule has 4 rings (SSSR count). The van der Waals surface area contributed by atoms with E-state index >= 15 is 0 Å². The van der Waals surface area contributed by atoms with Crippen LogP contribution in [0.25, 0.3) is 0 Å². The molecule has 0 aromatic heterocycles. The van der Waals surface area contributed by atoms with Crippen LogP contribution in [0.4, 0.5) is 4.39 Å². The monoisotopic (exact) mass is 406 g/mol. The van der Waals surface area contributed by atoms with Crippen LogP contribution in [0.5, 0.6) is 5.75 Å². The summed E-state index contributed by atoms with van der Waals surface area (Å²) in [5.74, 6) is 0.422. The van der Waals surface area contributed by atoms with Crippen LogP contribution in [0.1, 0.15) is 65.9 Å². The zero-order valence-corrected chi connectivity index (χ0v) is 16.5. The predicted octanol–water partition coefficient (Wildman–Crippen LogP) is 6.96. The maximum atomic E-state index is 14.8. The number of rotatable bonds is 6. The molecule has 142 valence electrons. The highest BCUT2D eigenvalue weighted by Gasteiger charge is 2.31. The number of ketones is 1. The van der Waals surface area contributed by atoms with Gasteiger partial charge in [-0.3, -0.25) is 4.79 Å². The van der Waals surface area contributed by atoms with Crippen molar-refractivity contribution >= 4 is 29.0 Å². The lowest BCUT2D eigenvalue weighted by Gasteiger charge is -2.15. The lowest BCUT2D eigenvalue weighted by molar-refractivity contribution is 0.0918. The third-order valence-corrected chi connectivity index (χ3v) is 5.90. The molecule has 0 unspecified atom stereocenters. The Morgan fingerprint density at radius 3 is 2.30 bits per heavy atom. The Morgan fingerprint density at radius 2 is 1.67 bits per heavy atom. The van der Waals surface area contributed by atoms with E-state index < -0.39 is 5.82 Å². The van der Waals surface area contributed by atoms with Gasteiger partial charge in [0.05, 0.1) is 5.56 Å². The van der Waals surface area contributed by atoms with Crippen molar-refractivity contribution in [2.24, 2.45) is 5.92 Å². The third-order valence-electron chi connectivity index (χ3n) is 5.47. The predicted molar refractivity (Wildman–Crippen MR) is 105 cm³/mol. The summed E-state index contributed by atoms with van der Waals surface area (Å²) in [5, 5.41) is 0.979. The van der Waals surface area contributed by atoms with Gasteiger partial charge < -0.3 is 4.74 Å². The minimum absolute atomic E-state index is 0.0257. The minimum Gasteiger partial charge on any atom is -0.489 e. The van der Waals surface area contributed by atoms with E-state index in [-0.39, 0.29) is 23.9 Å². The first-order valence-corrected chi connectivity index (χ1v) is 10.2. The topological polar surface area (TPSA) is 26.3 Å². The maximum absolute atomic E-state index is 14.8. The van der Waals surface area contributed by atoms with Crippen molar-refractivity contribution in [1.82, 2.24) is 0 Å². The number of halogens is 3. The molecule has 27 heavy (non-hydrogen) atoms. The standard InChI is InChI=1S/C22H21Cl2FO2/c23-16-8-17(24)10-18(9-16)27-12-15-7-21(25)20(11-19(15)13-5-6-13)22(26)14-3-1-2-4-14/h7-11,13-14H,1-6,12H2. The van der Waals surface area contributed by atoms with Gasteiger partial charge in [-0.05, 0) is 73.1 Å². The molecule has 0 aliphatic heterocycles. The van der Waals surface area contributed by atoms with Crippen molar-refractivity contribution < 1.29 is 13.9 Å². The molecule has 2 aliphatic rings. The second-order valence-electron chi connectivity index (χ2n) is 7.54. The minimum atomic E-state index is -0.445. The van der Waals surface area contributed by atoms with Gasteiger partial charge in [0.2, 0.25) is 0 Å². The van der Waals surface area contributed by atoms with Crippen LogP contribution in [-0.2, 0) is 6.61 Å². The molecular weight excluding hydrogens is 386 g/mol. The van der Waals surface area contributed by atoms with Gasteiger partial charge in [-0.15, -0.1) is 0 Å². The third kappa shape index (κ3) is 4.30. The number of hydrogen-bond donors (Lipinski definition) is 0. The molecule has 5 heteroatoms. The van der Waals surface area contributed by atoms with E-state index in [0.29, 0.717) is 21.7 Å². The Labute approximate surface area is 168 Å². The Hall–Kier alpha value is -1.58. The van der Waals surface area contributed by atoms with Gasteiger partial charge in [-0.1, -0.05) is 36.0 Å². The van der Waals surface area contributed by atoms with Crippen molar-refractivity contribution in [2.45, 2.75) is 51.0 Å². The van der Waals surface area contributed by atoms with Gasteiger partial charge in [0.15, 0.2) is 5.78 Å². The van der Waals surface area contributed by atoms with E-state index in [4.69, 9.17) is 27.9 Å². The molecule has 2 aromatic carbocycles. The highest BCUT2D eigenvalue weighted by Crippen LogP contribution is 2.43. The van der Waals surface area contributed by atoms with Crippen molar-refractivity contribution in [3.63, 3.8) is 0 Å². The van der Waals surface area contributed by atoms with Crippen LogP contribution in [0.3, 0.4) is 0 Å². The van der Waals surface area contributed by atoms with E-state index in [1.54, 1.807) is 24.3 Å². The molecule has 0 atom stereocenters. The second-order valence-corrected chi connectivity index (χ2v) is 8.42. The number of ether oxygens (including phenoxy) is 1. The molecule has 2 nitrogen and oxygen atoms in total. The number of Topliss-reactive ketones (excluding diaryl/α,β-unsaturated/α-hetero) is 1. The zero-order chi connectivity index (χ0) is 19.0. The lowest BCUT2D eigenvalue weighted by Crippen LogP contribution is -2.14. The number of hydrogen-bond acceptors (Lipinski definition) is 2. The summed E-state index contributed by atoms with van der Waals surface area (Å²) in [5.41, 5.74) is 2.07. The quantitative estimate of drug-likeness (QED) is 0.484. The average Bonchev–Trinajstić information content (AvgIpc) is 3.32. The second kappa shape index (κ2) is 7.81. The van der Waals surface area contributed by atoms with Gasteiger partial charge in [0.1, 0.15) is 18.2 Å². The van der Waals surface area contributed by atoms with Crippen molar-refractivity contribution in [2.75, 3.05) is 0 Å². The molecule has 0 radical (unpaired) electrons. The van der Waals surface area contributed by atoms with Crippen LogP contribution in [0.15, 0.2) is 30.3 Å². The van der Waals surface area contributed by atoms with Gasteiger partial charge in [-0.2, -0.15) is 0 Å². The average molecular weight is 407 g/mol.